The zero-order chi connectivity index (χ0) is 17.2. The van der Waals surface area contributed by atoms with E-state index in [0.717, 1.165) is 51.0 Å². The Morgan fingerprint density at radius 3 is 2.62 bits per heavy atom. The van der Waals surface area contributed by atoms with Crippen LogP contribution in [0.1, 0.15) is 43.7 Å². The van der Waals surface area contributed by atoms with Gasteiger partial charge in [0.25, 0.3) is 0 Å². The van der Waals surface area contributed by atoms with Crippen LogP contribution in [0.5, 0.6) is 0 Å². The molecule has 2 saturated heterocycles. The molecule has 0 aromatic heterocycles. The second-order valence-corrected chi connectivity index (χ2v) is 7.45. The number of aryl methyl sites for hydroxylation is 1. The molecular formula is C20H28N2O2. The maximum atomic E-state index is 12.6. The number of rotatable bonds is 3. The van der Waals surface area contributed by atoms with Gasteiger partial charge < -0.3 is 9.80 Å². The number of likely N-dealkylation sites (tertiary alicyclic amines) is 2. The molecule has 2 aliphatic rings. The third-order valence-electron chi connectivity index (χ3n) is 5.74. The van der Waals surface area contributed by atoms with Gasteiger partial charge in [0, 0.05) is 32.6 Å². The molecule has 0 unspecified atom stereocenters. The minimum atomic E-state index is 0.231. The van der Waals surface area contributed by atoms with Crippen LogP contribution in [0, 0.1) is 12.3 Å². The second-order valence-electron chi connectivity index (χ2n) is 7.45. The molecule has 2 fully saturated rings. The summed E-state index contributed by atoms with van der Waals surface area (Å²) in [5.74, 6) is 0.524. The van der Waals surface area contributed by atoms with Gasteiger partial charge in [-0.2, -0.15) is 0 Å². The summed E-state index contributed by atoms with van der Waals surface area (Å²) < 4.78 is 0. The van der Waals surface area contributed by atoms with E-state index in [1.54, 1.807) is 0 Å². The molecule has 0 aliphatic carbocycles. The van der Waals surface area contributed by atoms with E-state index in [1.165, 1.54) is 5.56 Å². The van der Waals surface area contributed by atoms with Crippen molar-refractivity contribution in [3.05, 3.63) is 35.4 Å². The SMILES string of the molecule is CCN1CC2(CCC1=O)CCN(C(=O)Cc1cccc(C)c1)CC2. The molecule has 2 amide bonds. The maximum Gasteiger partial charge on any atom is 0.226 e. The van der Waals surface area contributed by atoms with Gasteiger partial charge in [0.1, 0.15) is 0 Å². The quantitative estimate of drug-likeness (QED) is 0.856. The van der Waals surface area contributed by atoms with Crippen LogP contribution >= 0.6 is 0 Å². The highest BCUT2D eigenvalue weighted by Gasteiger charge is 2.41. The lowest BCUT2D eigenvalue weighted by molar-refractivity contribution is -0.142. The summed E-state index contributed by atoms with van der Waals surface area (Å²) in [6.45, 7) is 7.45. The molecule has 4 heteroatoms. The van der Waals surface area contributed by atoms with Crippen LogP contribution < -0.4 is 0 Å². The first-order valence-corrected chi connectivity index (χ1v) is 9.12. The summed E-state index contributed by atoms with van der Waals surface area (Å²) in [6, 6.07) is 8.20. The van der Waals surface area contributed by atoms with E-state index in [9.17, 15) is 9.59 Å². The van der Waals surface area contributed by atoms with E-state index in [0.29, 0.717) is 18.7 Å². The highest BCUT2D eigenvalue weighted by molar-refractivity contribution is 5.79. The molecule has 24 heavy (non-hydrogen) atoms. The summed E-state index contributed by atoms with van der Waals surface area (Å²) >= 11 is 0. The smallest absolute Gasteiger partial charge is 0.226 e. The van der Waals surface area contributed by atoms with Crippen LogP contribution in [0.2, 0.25) is 0 Å². The number of hydrogen-bond donors (Lipinski definition) is 0. The van der Waals surface area contributed by atoms with Crippen molar-refractivity contribution < 1.29 is 9.59 Å². The van der Waals surface area contributed by atoms with Crippen molar-refractivity contribution in [1.82, 2.24) is 9.80 Å². The van der Waals surface area contributed by atoms with Crippen molar-refractivity contribution in [3.63, 3.8) is 0 Å². The molecule has 130 valence electrons. The van der Waals surface area contributed by atoms with Gasteiger partial charge in [0.2, 0.25) is 11.8 Å². The molecule has 4 nitrogen and oxygen atoms in total. The Balaban J connectivity index is 1.56. The lowest BCUT2D eigenvalue weighted by Gasteiger charge is -2.47. The van der Waals surface area contributed by atoms with Crippen LogP contribution in [-0.2, 0) is 16.0 Å². The summed E-state index contributed by atoms with van der Waals surface area (Å²) in [5, 5.41) is 0. The highest BCUT2D eigenvalue weighted by atomic mass is 16.2. The van der Waals surface area contributed by atoms with Crippen LogP contribution in [0.3, 0.4) is 0 Å². The molecule has 2 aliphatic heterocycles. The Bertz CT molecular complexity index is 618. The molecule has 2 heterocycles. The largest absolute Gasteiger partial charge is 0.342 e. The third-order valence-corrected chi connectivity index (χ3v) is 5.74. The van der Waals surface area contributed by atoms with Crippen LogP contribution in [0.4, 0.5) is 0 Å². The van der Waals surface area contributed by atoms with E-state index in [-0.39, 0.29) is 11.3 Å². The lowest BCUT2D eigenvalue weighted by atomic mass is 9.72. The van der Waals surface area contributed by atoms with E-state index < -0.39 is 0 Å². The number of piperidine rings is 2. The van der Waals surface area contributed by atoms with Gasteiger partial charge in [0.05, 0.1) is 6.42 Å². The Morgan fingerprint density at radius 2 is 1.96 bits per heavy atom. The molecule has 0 atom stereocenters. The van der Waals surface area contributed by atoms with Crippen LogP contribution in [0.25, 0.3) is 0 Å². The minimum absolute atomic E-state index is 0.231. The van der Waals surface area contributed by atoms with Gasteiger partial charge in [-0.3, -0.25) is 9.59 Å². The monoisotopic (exact) mass is 328 g/mol. The Labute approximate surface area is 144 Å². The standard InChI is InChI=1S/C20H28N2O2/c1-3-21-15-20(8-7-18(21)23)9-11-22(12-10-20)19(24)14-17-6-4-5-16(2)13-17/h4-6,13H,3,7-12,14-15H2,1-2H3. The molecular weight excluding hydrogens is 300 g/mol. The zero-order valence-corrected chi connectivity index (χ0v) is 14.9. The van der Waals surface area contributed by atoms with Crippen molar-refractivity contribution >= 4 is 11.8 Å². The predicted molar refractivity (Wildman–Crippen MR) is 94.6 cm³/mol. The number of carbonyl (C=O) groups is 2. The van der Waals surface area contributed by atoms with Gasteiger partial charge in [-0.05, 0) is 44.1 Å². The normalized spacial score (nSPS) is 20.5. The Kier molecular flexibility index (Phi) is 4.93. The molecule has 3 rings (SSSR count). The number of hydrogen-bond acceptors (Lipinski definition) is 2. The minimum Gasteiger partial charge on any atom is -0.342 e. The van der Waals surface area contributed by atoms with Gasteiger partial charge >= 0.3 is 0 Å². The number of nitrogens with zero attached hydrogens (tertiary/aromatic N) is 2. The van der Waals surface area contributed by atoms with E-state index >= 15 is 0 Å². The van der Waals surface area contributed by atoms with Gasteiger partial charge in [0.15, 0.2) is 0 Å². The topological polar surface area (TPSA) is 40.6 Å². The first-order chi connectivity index (χ1) is 11.5. The van der Waals surface area contributed by atoms with E-state index in [1.807, 2.05) is 21.9 Å². The van der Waals surface area contributed by atoms with Gasteiger partial charge in [-0.1, -0.05) is 29.8 Å². The van der Waals surface area contributed by atoms with E-state index in [2.05, 4.69) is 26.0 Å². The summed E-state index contributed by atoms with van der Waals surface area (Å²) in [4.78, 5) is 28.5. The fourth-order valence-corrected chi connectivity index (χ4v) is 4.14. The first-order valence-electron chi connectivity index (χ1n) is 9.12. The van der Waals surface area contributed by atoms with Crippen molar-refractivity contribution in [2.75, 3.05) is 26.2 Å². The number of amides is 2. The van der Waals surface area contributed by atoms with Gasteiger partial charge in [-0.15, -0.1) is 0 Å². The van der Waals surface area contributed by atoms with Gasteiger partial charge in [-0.25, -0.2) is 0 Å². The lowest BCUT2D eigenvalue weighted by Crippen LogP contribution is -2.52. The summed E-state index contributed by atoms with van der Waals surface area (Å²) in [6.07, 6.45) is 4.20. The zero-order valence-electron chi connectivity index (χ0n) is 14.9. The average Bonchev–Trinajstić information content (AvgIpc) is 2.58. The molecule has 1 aromatic carbocycles. The summed E-state index contributed by atoms with van der Waals surface area (Å²) in [5.41, 5.74) is 2.54. The average molecular weight is 328 g/mol. The molecule has 0 saturated carbocycles. The molecule has 0 bridgehead atoms. The van der Waals surface area contributed by atoms with Crippen molar-refractivity contribution in [1.29, 1.82) is 0 Å². The van der Waals surface area contributed by atoms with Crippen molar-refractivity contribution in [2.45, 2.75) is 46.0 Å². The molecule has 0 radical (unpaired) electrons. The fourth-order valence-electron chi connectivity index (χ4n) is 4.14. The van der Waals surface area contributed by atoms with Crippen LogP contribution in [0.15, 0.2) is 24.3 Å². The third kappa shape index (κ3) is 3.63. The highest BCUT2D eigenvalue weighted by Crippen LogP contribution is 2.40. The van der Waals surface area contributed by atoms with Crippen LogP contribution in [-0.4, -0.2) is 47.8 Å². The Morgan fingerprint density at radius 1 is 1.21 bits per heavy atom. The summed E-state index contributed by atoms with van der Waals surface area (Å²) in [7, 11) is 0. The fraction of sp³-hybridized carbons (Fsp3) is 0.600. The number of carbonyl (C=O) groups excluding carboxylic acids is 2. The van der Waals surface area contributed by atoms with Crippen molar-refractivity contribution in [3.8, 4) is 0 Å². The number of benzene rings is 1. The molecule has 1 aromatic rings. The first kappa shape index (κ1) is 17.0. The predicted octanol–water partition coefficient (Wildman–Crippen LogP) is 2.79. The molecule has 0 N–H and O–H groups in total. The Hall–Kier alpha value is -1.84. The maximum absolute atomic E-state index is 12.6. The van der Waals surface area contributed by atoms with E-state index in [4.69, 9.17) is 0 Å². The van der Waals surface area contributed by atoms with Crippen molar-refractivity contribution in [2.24, 2.45) is 5.41 Å². The molecule has 1 spiro atoms. The second kappa shape index (κ2) is 6.96.